The molecule has 37 heavy (non-hydrogen) atoms. The van der Waals surface area contributed by atoms with Crippen LogP contribution in [0.2, 0.25) is 0 Å². The number of rotatable bonds is 10. The minimum absolute atomic E-state index is 0.0553. The Hall–Kier alpha value is -4.01. The van der Waals surface area contributed by atoms with Crippen molar-refractivity contribution in [2.75, 3.05) is 26.1 Å². The highest BCUT2D eigenvalue weighted by Gasteiger charge is 2.25. The maximum absolute atomic E-state index is 13.0. The summed E-state index contributed by atoms with van der Waals surface area (Å²) in [7, 11) is 1.53. The van der Waals surface area contributed by atoms with Gasteiger partial charge >= 0.3 is 5.97 Å². The Balaban J connectivity index is 0.00000235. The quantitative estimate of drug-likeness (QED) is 0.337. The van der Waals surface area contributed by atoms with E-state index in [-0.39, 0.29) is 23.8 Å². The first kappa shape index (κ1) is 29.2. The fourth-order valence-corrected chi connectivity index (χ4v) is 3.63. The van der Waals surface area contributed by atoms with Crippen LogP contribution in [0.1, 0.15) is 67.4 Å². The van der Waals surface area contributed by atoms with Crippen LogP contribution < -0.4 is 25.3 Å². The molecule has 2 aromatic carbocycles. The van der Waals surface area contributed by atoms with Crippen LogP contribution in [0.3, 0.4) is 0 Å². The van der Waals surface area contributed by atoms with Gasteiger partial charge < -0.3 is 30.4 Å². The SMILES string of the molecule is CC.CCCOc1cc(OC)cc(C(=O)NC(C)(C)COc2cccc3nc(C)c(C(=O)O)c(N)c23)c1. The number of aryl methyl sites for hydroxylation is 1. The van der Waals surface area contributed by atoms with Crippen LogP contribution in [0.5, 0.6) is 17.2 Å². The predicted octanol–water partition coefficient (Wildman–Crippen LogP) is 5.23. The van der Waals surface area contributed by atoms with Crippen molar-refractivity contribution in [2.24, 2.45) is 0 Å². The number of hydrogen-bond acceptors (Lipinski definition) is 7. The summed E-state index contributed by atoms with van der Waals surface area (Å²) in [5.41, 5.74) is 6.70. The summed E-state index contributed by atoms with van der Waals surface area (Å²) in [6.45, 7) is 11.9. The molecule has 1 heterocycles. The molecular formula is C28H37N3O6. The zero-order valence-electron chi connectivity index (χ0n) is 22.6. The van der Waals surface area contributed by atoms with E-state index in [0.29, 0.717) is 46.0 Å². The van der Waals surface area contributed by atoms with Crippen LogP contribution >= 0.6 is 0 Å². The fraction of sp³-hybridized carbons (Fsp3) is 0.393. The highest BCUT2D eigenvalue weighted by atomic mass is 16.5. The Morgan fingerprint density at radius 3 is 2.41 bits per heavy atom. The summed E-state index contributed by atoms with van der Waals surface area (Å²) < 4.78 is 17.0. The average molecular weight is 512 g/mol. The third kappa shape index (κ3) is 7.25. The number of carboxylic acids is 1. The second-order valence-electron chi connectivity index (χ2n) is 8.81. The van der Waals surface area contributed by atoms with Crippen molar-refractivity contribution in [3.8, 4) is 17.2 Å². The Morgan fingerprint density at radius 2 is 1.78 bits per heavy atom. The largest absolute Gasteiger partial charge is 0.497 e. The number of anilines is 1. The molecule has 3 rings (SSSR count). The topological polar surface area (TPSA) is 133 Å². The van der Waals surface area contributed by atoms with Crippen molar-refractivity contribution in [2.45, 2.75) is 53.5 Å². The number of fused-ring (bicyclic) bond motifs is 1. The fourth-order valence-electron chi connectivity index (χ4n) is 3.63. The highest BCUT2D eigenvalue weighted by Crippen LogP contribution is 2.34. The Bertz CT molecular complexity index is 1260. The molecule has 0 aliphatic carbocycles. The lowest BCUT2D eigenvalue weighted by atomic mass is 10.0. The summed E-state index contributed by atoms with van der Waals surface area (Å²) in [6, 6.07) is 10.2. The summed E-state index contributed by atoms with van der Waals surface area (Å²) in [4.78, 5) is 29.1. The molecule has 1 amide bonds. The van der Waals surface area contributed by atoms with Crippen LogP contribution in [-0.2, 0) is 0 Å². The lowest BCUT2D eigenvalue weighted by Gasteiger charge is -2.27. The molecule has 1 aromatic heterocycles. The third-order valence-electron chi connectivity index (χ3n) is 5.30. The van der Waals surface area contributed by atoms with E-state index in [0.717, 1.165) is 6.42 Å². The number of amides is 1. The molecule has 0 aliphatic rings. The van der Waals surface area contributed by atoms with Crippen LogP contribution in [0.4, 0.5) is 5.69 Å². The van der Waals surface area contributed by atoms with Gasteiger partial charge in [0.2, 0.25) is 0 Å². The summed E-state index contributed by atoms with van der Waals surface area (Å²) in [6.07, 6.45) is 0.838. The van der Waals surface area contributed by atoms with Gasteiger partial charge in [0.05, 0.1) is 41.5 Å². The van der Waals surface area contributed by atoms with E-state index in [2.05, 4.69) is 10.3 Å². The normalized spacial score (nSPS) is 10.8. The first-order valence-electron chi connectivity index (χ1n) is 12.3. The standard InChI is InChI=1S/C26H31N3O6.C2H6/c1-6-10-34-18-12-16(11-17(13-18)33-5)24(30)29-26(3,4)14-35-20-9-7-8-19-22(20)23(27)21(25(31)32)15(2)28-19;1-2/h7-9,11-13H,6,10,14H2,1-5H3,(H2,27,28)(H,29,30)(H,31,32);1-2H3. The van der Waals surface area contributed by atoms with Crippen molar-refractivity contribution in [3.05, 3.63) is 53.2 Å². The molecule has 0 unspecified atom stereocenters. The zero-order valence-corrected chi connectivity index (χ0v) is 22.6. The number of methoxy groups -OCH3 is 1. The van der Waals surface area contributed by atoms with Crippen molar-refractivity contribution < 1.29 is 28.9 Å². The van der Waals surface area contributed by atoms with Crippen LogP contribution in [0.25, 0.3) is 10.9 Å². The van der Waals surface area contributed by atoms with Gasteiger partial charge in [0.1, 0.15) is 29.4 Å². The van der Waals surface area contributed by atoms with Crippen molar-refractivity contribution in [3.63, 3.8) is 0 Å². The van der Waals surface area contributed by atoms with Gasteiger partial charge in [-0.2, -0.15) is 0 Å². The molecule has 0 saturated carbocycles. The number of ether oxygens (including phenoxy) is 3. The number of nitrogens with zero attached hydrogens (tertiary/aromatic N) is 1. The molecule has 4 N–H and O–H groups in total. The van der Waals surface area contributed by atoms with E-state index in [9.17, 15) is 14.7 Å². The van der Waals surface area contributed by atoms with E-state index in [1.807, 2.05) is 34.6 Å². The molecule has 0 bridgehead atoms. The number of nitrogen functional groups attached to an aromatic ring is 1. The third-order valence-corrected chi connectivity index (χ3v) is 5.30. The van der Waals surface area contributed by atoms with Gasteiger partial charge in [0, 0.05) is 11.6 Å². The lowest BCUT2D eigenvalue weighted by Crippen LogP contribution is -2.47. The number of carboxylic acid groups (broad SMARTS) is 1. The number of hydrogen-bond donors (Lipinski definition) is 3. The molecule has 3 aromatic rings. The molecule has 0 fully saturated rings. The van der Waals surface area contributed by atoms with Crippen molar-refractivity contribution in [1.29, 1.82) is 0 Å². The second kappa shape index (κ2) is 12.8. The van der Waals surface area contributed by atoms with Gasteiger partial charge in [-0.25, -0.2) is 4.79 Å². The number of carbonyl (C=O) groups excluding carboxylic acids is 1. The average Bonchev–Trinajstić information content (AvgIpc) is 2.86. The minimum Gasteiger partial charge on any atom is -0.497 e. The van der Waals surface area contributed by atoms with Gasteiger partial charge in [0.15, 0.2) is 0 Å². The molecule has 0 atom stereocenters. The van der Waals surface area contributed by atoms with Gasteiger partial charge in [-0.1, -0.05) is 26.8 Å². The number of nitrogens with two attached hydrogens (primary N) is 1. The molecule has 0 spiro atoms. The summed E-state index contributed by atoms with van der Waals surface area (Å²) in [5, 5.41) is 12.9. The number of carbonyl (C=O) groups is 2. The molecule has 9 heteroatoms. The summed E-state index contributed by atoms with van der Waals surface area (Å²) >= 11 is 0. The van der Waals surface area contributed by atoms with Crippen molar-refractivity contribution >= 4 is 28.5 Å². The second-order valence-corrected chi connectivity index (χ2v) is 8.81. The first-order chi connectivity index (χ1) is 17.6. The number of benzene rings is 2. The molecule has 0 aliphatic heterocycles. The van der Waals surface area contributed by atoms with Crippen molar-refractivity contribution in [1.82, 2.24) is 10.3 Å². The predicted molar refractivity (Wildman–Crippen MR) is 145 cm³/mol. The lowest BCUT2D eigenvalue weighted by molar-refractivity contribution is 0.0696. The van der Waals surface area contributed by atoms with E-state index in [4.69, 9.17) is 19.9 Å². The van der Waals surface area contributed by atoms with Gasteiger partial charge in [0.25, 0.3) is 5.91 Å². The Kier molecular flexibility index (Phi) is 10.1. The number of aromatic nitrogens is 1. The van der Waals surface area contributed by atoms with Gasteiger partial charge in [-0.3, -0.25) is 9.78 Å². The molecular weight excluding hydrogens is 474 g/mol. The molecule has 9 nitrogen and oxygen atoms in total. The van der Waals surface area contributed by atoms with Crippen LogP contribution in [-0.4, -0.2) is 47.8 Å². The zero-order chi connectivity index (χ0) is 27.8. The van der Waals surface area contributed by atoms with Crippen LogP contribution in [0, 0.1) is 6.92 Å². The Morgan fingerprint density at radius 1 is 1.11 bits per heavy atom. The van der Waals surface area contributed by atoms with E-state index >= 15 is 0 Å². The monoisotopic (exact) mass is 511 g/mol. The number of aromatic carboxylic acids is 1. The van der Waals surface area contributed by atoms with Gasteiger partial charge in [-0.05, 0) is 51.5 Å². The number of pyridine rings is 1. The Labute approximate surface area is 217 Å². The maximum atomic E-state index is 13.0. The smallest absolute Gasteiger partial charge is 0.339 e. The molecule has 200 valence electrons. The van der Waals surface area contributed by atoms with E-state index in [1.165, 1.54) is 7.11 Å². The van der Waals surface area contributed by atoms with Gasteiger partial charge in [-0.15, -0.1) is 0 Å². The number of nitrogens with one attached hydrogen (secondary N) is 1. The van der Waals surface area contributed by atoms with E-state index < -0.39 is 11.5 Å². The summed E-state index contributed by atoms with van der Waals surface area (Å²) in [5.74, 6) is -0.0252. The first-order valence-corrected chi connectivity index (χ1v) is 12.3. The minimum atomic E-state index is -1.16. The highest BCUT2D eigenvalue weighted by molar-refractivity contribution is 6.06. The maximum Gasteiger partial charge on any atom is 0.339 e. The van der Waals surface area contributed by atoms with Crippen LogP contribution in [0.15, 0.2) is 36.4 Å². The van der Waals surface area contributed by atoms with E-state index in [1.54, 1.807) is 43.3 Å². The molecule has 0 saturated heterocycles. The molecule has 0 radical (unpaired) electrons.